The summed E-state index contributed by atoms with van der Waals surface area (Å²) in [4.78, 5) is 55.6. The summed E-state index contributed by atoms with van der Waals surface area (Å²) in [5.41, 5.74) is 12.0. The van der Waals surface area contributed by atoms with Gasteiger partial charge in [-0.25, -0.2) is 4.79 Å². The average Bonchev–Trinajstić information content (AvgIpc) is 3.26. The van der Waals surface area contributed by atoms with E-state index >= 15 is 0 Å². The number of carbonyl (C=O) groups is 4. The van der Waals surface area contributed by atoms with E-state index in [-0.39, 0.29) is 39.3 Å². The molecular weight excluding hydrogens is 738 g/mol. The molecule has 2 fully saturated rings. The van der Waals surface area contributed by atoms with Gasteiger partial charge in [0.15, 0.2) is 14.0 Å². The third-order valence-electron chi connectivity index (χ3n) is 9.05. The summed E-state index contributed by atoms with van der Waals surface area (Å²) >= 11 is 0. The number of nitrogens with zero attached hydrogens (tertiary/aromatic N) is 3. The van der Waals surface area contributed by atoms with Crippen LogP contribution in [0.15, 0.2) is 109 Å². The summed E-state index contributed by atoms with van der Waals surface area (Å²) in [5, 5.41) is 6.87. The lowest BCUT2D eigenvalue weighted by Gasteiger charge is -2.48. The Morgan fingerprint density at radius 2 is 1.60 bits per heavy atom. The molecule has 16 nitrogen and oxygen atoms in total. The molecule has 2 aliphatic rings. The van der Waals surface area contributed by atoms with Gasteiger partial charge < -0.3 is 43.8 Å². The van der Waals surface area contributed by atoms with Gasteiger partial charge in [0, 0.05) is 16.9 Å². The molecule has 2 heterocycles. The van der Waals surface area contributed by atoms with Crippen LogP contribution < -0.4 is 10.6 Å². The largest absolute Gasteiger partial charge is 0.461 e. The molecule has 9 atom stereocenters. The zero-order chi connectivity index (χ0) is 41.4. The number of rotatable bonds is 19. The van der Waals surface area contributed by atoms with Gasteiger partial charge in [0.25, 0.3) is 0 Å². The van der Waals surface area contributed by atoms with Crippen LogP contribution in [-0.2, 0) is 65.5 Å². The van der Waals surface area contributed by atoms with Gasteiger partial charge in [-0.3, -0.25) is 14.4 Å². The number of benzene rings is 3. The minimum Gasteiger partial charge on any atom is -0.461 e. The molecule has 3 aromatic carbocycles. The normalized spacial score (nSPS) is 23.2. The van der Waals surface area contributed by atoms with E-state index in [0.29, 0.717) is 10.9 Å². The minimum atomic E-state index is -1.45. The van der Waals surface area contributed by atoms with Crippen LogP contribution in [0.3, 0.4) is 0 Å². The highest BCUT2D eigenvalue weighted by molar-refractivity contribution is 5.91. The molecule has 57 heavy (non-hydrogen) atoms. The number of nitrogens with one attached hydrogen (secondary N) is 2. The lowest BCUT2D eigenvalue weighted by atomic mass is 9.95. The highest BCUT2D eigenvalue weighted by atomic mass is 16.8. The monoisotopic (exact) mass is 786 g/mol. The molecule has 0 saturated carbocycles. The predicted octanol–water partition coefficient (Wildman–Crippen LogP) is 4.74. The Kier molecular flexibility index (Phi) is 15.6. The molecule has 0 unspecified atom stereocenters. The van der Waals surface area contributed by atoms with Crippen molar-refractivity contribution in [2.24, 2.45) is 5.11 Å². The zero-order valence-corrected chi connectivity index (χ0v) is 31.7. The fourth-order valence-corrected chi connectivity index (χ4v) is 6.07. The molecule has 2 saturated heterocycles. The lowest BCUT2D eigenvalue weighted by Crippen LogP contribution is -2.63. The number of fused-ring (bicyclic) bond motifs is 1. The average molecular weight is 787 g/mol. The smallest absolute Gasteiger partial charge is 0.328 e. The van der Waals surface area contributed by atoms with Gasteiger partial charge in [-0.2, -0.15) is 0 Å². The second-order valence-electron chi connectivity index (χ2n) is 13.3. The maximum atomic E-state index is 13.8. The van der Waals surface area contributed by atoms with Crippen LogP contribution in [0.4, 0.5) is 0 Å². The first-order valence-corrected chi connectivity index (χ1v) is 18.5. The van der Waals surface area contributed by atoms with E-state index in [9.17, 15) is 24.7 Å². The number of carbonyl (C=O) groups excluding carboxylic acids is 4. The van der Waals surface area contributed by atoms with Crippen molar-refractivity contribution in [2.45, 2.75) is 95.0 Å². The quantitative estimate of drug-likeness (QED) is 0.0558. The Hall–Kier alpha value is -5.61. The summed E-state index contributed by atoms with van der Waals surface area (Å²) in [6, 6.07) is 23.5. The van der Waals surface area contributed by atoms with Crippen LogP contribution in [0.5, 0.6) is 0 Å². The van der Waals surface area contributed by atoms with Crippen LogP contribution >= 0.6 is 0 Å². The van der Waals surface area contributed by atoms with Crippen LogP contribution in [0.1, 0.15) is 49.7 Å². The van der Waals surface area contributed by atoms with Crippen molar-refractivity contribution in [3.8, 4) is 0 Å². The second kappa shape index (κ2) is 21.6. The predicted molar refractivity (Wildman–Crippen MR) is 203 cm³/mol. The molecule has 2 amide bonds. The van der Waals surface area contributed by atoms with E-state index in [0.717, 1.165) is 11.1 Å². The van der Waals surface area contributed by atoms with Crippen molar-refractivity contribution in [3.63, 3.8) is 0 Å². The molecule has 2 N–H and O–H groups in total. The Balaban J connectivity index is 1.27. The summed E-state index contributed by atoms with van der Waals surface area (Å²) < 4.78 is 50.1. The summed E-state index contributed by atoms with van der Waals surface area (Å²) in [6.07, 6.45) is -5.30. The van der Waals surface area contributed by atoms with Gasteiger partial charge in [-0.15, -0.1) is 0 Å². The van der Waals surface area contributed by atoms with Gasteiger partial charge in [-0.1, -0.05) is 109 Å². The van der Waals surface area contributed by atoms with Crippen molar-refractivity contribution in [2.75, 3.05) is 13.2 Å². The molecule has 16 heteroatoms. The van der Waals surface area contributed by atoms with E-state index < -0.39 is 78.9 Å². The SMILES string of the molecule is [2H]N(C(=O)[C@@H](C)O[C@@H]1[C@@H](N=[N+]=[N-])[C@@H](OCc2ccccc2)O[C@@H]2CO[C@@H](c3ccccc3)O[C@@H]12)[C@@H](C)C(=O)N[C@@H](CCC(=O)OCc1ccccc1)C(=O)OCC=C. The summed E-state index contributed by atoms with van der Waals surface area (Å²) in [6.45, 7) is 6.21. The van der Waals surface area contributed by atoms with Crippen LogP contribution in [0, 0.1) is 0 Å². The molecule has 0 aliphatic carbocycles. The number of esters is 2. The molecular formula is C41H47N5O11. The van der Waals surface area contributed by atoms with Crippen molar-refractivity contribution in [1.82, 2.24) is 10.6 Å². The van der Waals surface area contributed by atoms with E-state index in [1.54, 1.807) is 24.3 Å². The first kappa shape index (κ1) is 41.0. The fraction of sp³-hybridized carbons (Fsp3) is 0.415. The Morgan fingerprint density at radius 1 is 0.947 bits per heavy atom. The maximum absolute atomic E-state index is 13.8. The molecule has 0 spiro atoms. The fourth-order valence-electron chi connectivity index (χ4n) is 6.07. The number of hydrogen-bond donors (Lipinski definition) is 2. The van der Waals surface area contributed by atoms with E-state index in [1.807, 2.05) is 66.7 Å². The molecule has 302 valence electrons. The molecule has 0 bridgehead atoms. The third-order valence-corrected chi connectivity index (χ3v) is 9.05. The van der Waals surface area contributed by atoms with Gasteiger partial charge in [0.2, 0.25) is 11.8 Å². The van der Waals surface area contributed by atoms with Crippen molar-refractivity contribution in [1.29, 1.82) is 0 Å². The summed E-state index contributed by atoms with van der Waals surface area (Å²) in [7, 11) is 0. The topological polar surface area (TPSA) is 206 Å². The standard InChI is InChI=1S/C41H47N5O11/c1-4-22-51-39(50)31(20-21-33(47)52-23-28-14-8-5-9-15-28)44-37(48)26(2)43-38(49)27(3)55-36-34(45-46-42)41(53-24-29-16-10-6-11-17-29)56-32-25-54-40(57-35(32)36)30-18-12-7-13-19-30/h4-19,26-27,31-32,34-36,40-41H,1,20-25H2,2-3H3,(H,43,49)(H,44,48)/t26-,27+,31-,32+,34+,35+,36+,40+,41-/m0/s1/i/hD. The van der Waals surface area contributed by atoms with Gasteiger partial charge >= 0.3 is 11.9 Å². The van der Waals surface area contributed by atoms with Crippen LogP contribution in [0.25, 0.3) is 10.4 Å². The zero-order valence-electron chi connectivity index (χ0n) is 32.7. The molecule has 0 radical (unpaired) electrons. The highest BCUT2D eigenvalue weighted by Gasteiger charge is 2.52. The summed E-state index contributed by atoms with van der Waals surface area (Å²) in [5.74, 6) is -3.27. The van der Waals surface area contributed by atoms with E-state index in [4.69, 9.17) is 34.6 Å². The third kappa shape index (κ3) is 12.4. The first-order valence-electron chi connectivity index (χ1n) is 19.0. The van der Waals surface area contributed by atoms with Gasteiger partial charge in [-0.05, 0) is 36.9 Å². The Labute approximate surface area is 331 Å². The number of ether oxygens (including phenoxy) is 7. The highest BCUT2D eigenvalue weighted by Crippen LogP contribution is 2.37. The molecule has 5 rings (SSSR count). The van der Waals surface area contributed by atoms with Crippen LogP contribution in [-0.4, -0.2) is 85.8 Å². The molecule has 2 aliphatic heterocycles. The molecule has 3 aromatic rings. The second-order valence-corrected chi connectivity index (χ2v) is 13.3. The minimum absolute atomic E-state index is 0.0264. The maximum Gasteiger partial charge on any atom is 0.328 e. The van der Waals surface area contributed by atoms with Crippen molar-refractivity contribution < 1.29 is 53.7 Å². The van der Waals surface area contributed by atoms with E-state index in [1.165, 1.54) is 19.9 Å². The number of hydrogen-bond acceptors (Lipinski definition) is 12. The number of amides is 2. The van der Waals surface area contributed by atoms with Crippen molar-refractivity contribution >= 4 is 23.8 Å². The van der Waals surface area contributed by atoms with Gasteiger partial charge in [0.1, 0.15) is 55.8 Å². The Bertz CT molecular complexity index is 1870. The van der Waals surface area contributed by atoms with E-state index in [2.05, 4.69) is 21.9 Å². The number of azide groups is 1. The first-order chi connectivity index (χ1) is 28.1. The Morgan fingerprint density at radius 3 is 2.25 bits per heavy atom. The molecule has 0 aromatic heterocycles. The lowest BCUT2D eigenvalue weighted by molar-refractivity contribution is -0.349. The van der Waals surface area contributed by atoms with Crippen LogP contribution in [0.2, 0.25) is 1.41 Å². The van der Waals surface area contributed by atoms with Crippen molar-refractivity contribution in [3.05, 3.63) is 131 Å². The van der Waals surface area contributed by atoms with Gasteiger partial charge in [0.05, 0.1) is 13.2 Å².